The van der Waals surface area contributed by atoms with Gasteiger partial charge in [0.2, 0.25) is 0 Å². The maximum atomic E-state index is 13.4. The molecule has 0 atom stereocenters. The van der Waals surface area contributed by atoms with E-state index in [1.165, 1.54) is 4.68 Å². The maximum absolute atomic E-state index is 13.4. The van der Waals surface area contributed by atoms with Gasteiger partial charge in [0.15, 0.2) is 11.6 Å². The maximum Gasteiger partial charge on any atom is 0.182 e. The van der Waals surface area contributed by atoms with Crippen molar-refractivity contribution in [1.82, 2.24) is 15.0 Å². The fourth-order valence-electron chi connectivity index (χ4n) is 1.63. The van der Waals surface area contributed by atoms with Gasteiger partial charge in [-0.25, -0.2) is 13.2 Å². The third-order valence-electron chi connectivity index (χ3n) is 2.58. The molecule has 0 spiro atoms. The second-order valence-electron chi connectivity index (χ2n) is 4.15. The van der Waals surface area contributed by atoms with Gasteiger partial charge in [0.1, 0.15) is 11.5 Å². The number of aliphatic hydroxyl groups excluding tert-OH is 1. The molecule has 0 radical (unpaired) electrons. The molecule has 0 saturated carbocycles. The smallest absolute Gasteiger partial charge is 0.182 e. The minimum atomic E-state index is -1.25. The van der Waals surface area contributed by atoms with Gasteiger partial charge in [-0.15, -0.1) is 5.10 Å². The Morgan fingerprint density at radius 3 is 2.80 bits per heavy atom. The van der Waals surface area contributed by atoms with Gasteiger partial charge in [-0.1, -0.05) is 5.21 Å². The summed E-state index contributed by atoms with van der Waals surface area (Å²) in [5.74, 6) is -3.25. The van der Waals surface area contributed by atoms with E-state index in [9.17, 15) is 13.2 Å². The molecule has 8 heteroatoms. The van der Waals surface area contributed by atoms with Crippen LogP contribution in [0.3, 0.4) is 0 Å². The summed E-state index contributed by atoms with van der Waals surface area (Å²) in [4.78, 5) is 0. The summed E-state index contributed by atoms with van der Waals surface area (Å²) in [5, 5.41) is 18.9. The Kier molecular flexibility index (Phi) is 4.57. The molecule has 0 fully saturated rings. The van der Waals surface area contributed by atoms with Gasteiger partial charge in [0.25, 0.3) is 0 Å². The number of benzene rings is 1. The molecule has 20 heavy (non-hydrogen) atoms. The highest BCUT2D eigenvalue weighted by atomic mass is 19.2. The van der Waals surface area contributed by atoms with Crippen LogP contribution in [0.5, 0.6) is 0 Å². The van der Waals surface area contributed by atoms with E-state index in [4.69, 9.17) is 5.11 Å². The minimum absolute atomic E-state index is 0.0429. The molecule has 1 aromatic heterocycles. The van der Waals surface area contributed by atoms with Crippen molar-refractivity contribution in [2.45, 2.75) is 19.5 Å². The molecular formula is C12H13F3N4O. The van der Waals surface area contributed by atoms with Crippen LogP contribution in [-0.4, -0.2) is 26.7 Å². The Balaban J connectivity index is 2.00. The van der Waals surface area contributed by atoms with E-state index in [2.05, 4.69) is 15.6 Å². The number of anilines is 1. The van der Waals surface area contributed by atoms with Gasteiger partial charge < -0.3 is 10.4 Å². The molecule has 1 aromatic carbocycles. The van der Waals surface area contributed by atoms with E-state index >= 15 is 0 Å². The van der Waals surface area contributed by atoms with Crippen molar-refractivity contribution in [3.05, 3.63) is 41.5 Å². The van der Waals surface area contributed by atoms with Gasteiger partial charge in [-0.2, -0.15) is 0 Å². The topological polar surface area (TPSA) is 63.0 Å². The van der Waals surface area contributed by atoms with Crippen LogP contribution in [0.4, 0.5) is 18.9 Å². The third-order valence-corrected chi connectivity index (χ3v) is 2.58. The Bertz CT molecular complexity index is 588. The van der Waals surface area contributed by atoms with E-state index < -0.39 is 17.5 Å². The number of halogens is 3. The van der Waals surface area contributed by atoms with Crippen LogP contribution >= 0.6 is 0 Å². The van der Waals surface area contributed by atoms with Crippen molar-refractivity contribution in [2.75, 3.05) is 11.9 Å². The molecule has 5 nitrogen and oxygen atoms in total. The number of hydrogen-bond acceptors (Lipinski definition) is 4. The molecule has 0 saturated heterocycles. The summed E-state index contributed by atoms with van der Waals surface area (Å²) in [6.45, 7) is 0.632. The van der Waals surface area contributed by atoms with E-state index in [-0.39, 0.29) is 18.8 Å². The SMILES string of the molecule is OCCCn1cc(CNc2cc(F)cc(F)c2F)nn1. The highest BCUT2D eigenvalue weighted by Crippen LogP contribution is 2.19. The molecule has 0 bridgehead atoms. The van der Waals surface area contributed by atoms with Crippen LogP contribution in [0.15, 0.2) is 18.3 Å². The minimum Gasteiger partial charge on any atom is -0.396 e. The van der Waals surface area contributed by atoms with Crippen molar-refractivity contribution in [2.24, 2.45) is 0 Å². The zero-order chi connectivity index (χ0) is 14.5. The van der Waals surface area contributed by atoms with Crippen LogP contribution in [0.1, 0.15) is 12.1 Å². The standard InChI is InChI=1S/C12H13F3N4O/c13-8-4-10(14)12(15)11(5-8)16-6-9-7-19(18-17-9)2-1-3-20/h4-5,7,16,20H,1-3,6H2. The lowest BCUT2D eigenvalue weighted by Gasteiger charge is -2.06. The quantitative estimate of drug-likeness (QED) is 0.793. The Hall–Kier alpha value is -2.09. The molecule has 0 aliphatic heterocycles. The van der Waals surface area contributed by atoms with Gasteiger partial charge in [-0.3, -0.25) is 4.68 Å². The van der Waals surface area contributed by atoms with Gasteiger partial charge in [-0.05, 0) is 6.42 Å². The van der Waals surface area contributed by atoms with Crippen LogP contribution in [0, 0.1) is 17.5 Å². The molecule has 1 heterocycles. The first-order valence-electron chi connectivity index (χ1n) is 5.98. The lowest BCUT2D eigenvalue weighted by Crippen LogP contribution is -2.04. The largest absolute Gasteiger partial charge is 0.396 e. The first kappa shape index (κ1) is 14.3. The second kappa shape index (κ2) is 6.38. The predicted octanol–water partition coefficient (Wildman–Crippen LogP) is 1.69. The van der Waals surface area contributed by atoms with Crippen LogP contribution in [-0.2, 0) is 13.1 Å². The normalized spacial score (nSPS) is 10.8. The fraction of sp³-hybridized carbons (Fsp3) is 0.333. The molecule has 0 aliphatic rings. The van der Waals surface area contributed by atoms with Gasteiger partial charge >= 0.3 is 0 Å². The number of rotatable bonds is 6. The van der Waals surface area contributed by atoms with Crippen molar-refractivity contribution in [3.8, 4) is 0 Å². The summed E-state index contributed by atoms with van der Waals surface area (Å²) < 4.78 is 40.9. The third kappa shape index (κ3) is 3.47. The van der Waals surface area contributed by atoms with Gasteiger partial charge in [0.05, 0.1) is 18.4 Å². The van der Waals surface area contributed by atoms with E-state index in [0.717, 1.165) is 6.07 Å². The number of aliphatic hydroxyl groups is 1. The molecule has 0 aliphatic carbocycles. The molecule has 2 N–H and O–H groups in total. The Morgan fingerprint density at radius 1 is 1.25 bits per heavy atom. The average Bonchev–Trinajstić information content (AvgIpc) is 2.86. The highest BCUT2D eigenvalue weighted by Gasteiger charge is 2.11. The zero-order valence-corrected chi connectivity index (χ0v) is 10.5. The summed E-state index contributed by atoms with van der Waals surface area (Å²) >= 11 is 0. The zero-order valence-electron chi connectivity index (χ0n) is 10.5. The first-order valence-corrected chi connectivity index (χ1v) is 5.98. The van der Waals surface area contributed by atoms with Crippen molar-refractivity contribution in [3.63, 3.8) is 0 Å². The van der Waals surface area contributed by atoms with Crippen molar-refractivity contribution < 1.29 is 18.3 Å². The van der Waals surface area contributed by atoms with Crippen molar-refractivity contribution in [1.29, 1.82) is 0 Å². The second-order valence-corrected chi connectivity index (χ2v) is 4.15. The molecule has 0 unspecified atom stereocenters. The number of aromatic nitrogens is 3. The van der Waals surface area contributed by atoms with E-state index in [1.54, 1.807) is 6.20 Å². The van der Waals surface area contributed by atoms with Crippen LogP contribution < -0.4 is 5.32 Å². The Labute approximate surface area is 113 Å². The molecule has 108 valence electrons. The summed E-state index contributed by atoms with van der Waals surface area (Å²) in [6.07, 6.45) is 2.15. The predicted molar refractivity (Wildman–Crippen MR) is 65.4 cm³/mol. The van der Waals surface area contributed by atoms with Crippen LogP contribution in [0.25, 0.3) is 0 Å². The molecule has 2 rings (SSSR count). The Morgan fingerprint density at radius 2 is 2.05 bits per heavy atom. The number of nitrogens with one attached hydrogen (secondary N) is 1. The molecule has 0 amide bonds. The van der Waals surface area contributed by atoms with Gasteiger partial charge in [0, 0.05) is 25.3 Å². The lowest BCUT2D eigenvalue weighted by molar-refractivity contribution is 0.276. The van der Waals surface area contributed by atoms with Crippen molar-refractivity contribution >= 4 is 5.69 Å². The summed E-state index contributed by atoms with van der Waals surface area (Å²) in [6, 6.07) is 1.35. The highest BCUT2D eigenvalue weighted by molar-refractivity contribution is 5.45. The monoisotopic (exact) mass is 286 g/mol. The molecular weight excluding hydrogens is 273 g/mol. The summed E-state index contributed by atoms with van der Waals surface area (Å²) in [5.41, 5.74) is 0.222. The van der Waals surface area contributed by atoms with E-state index in [1.807, 2.05) is 0 Å². The van der Waals surface area contributed by atoms with Crippen LogP contribution in [0.2, 0.25) is 0 Å². The number of nitrogens with zero attached hydrogens (tertiary/aromatic N) is 3. The lowest BCUT2D eigenvalue weighted by atomic mass is 10.2. The van der Waals surface area contributed by atoms with E-state index in [0.29, 0.717) is 24.7 Å². The summed E-state index contributed by atoms with van der Waals surface area (Å²) in [7, 11) is 0. The molecule has 2 aromatic rings. The first-order chi connectivity index (χ1) is 9.60. The average molecular weight is 286 g/mol. The number of hydrogen-bond donors (Lipinski definition) is 2. The fourth-order valence-corrected chi connectivity index (χ4v) is 1.63. The number of aryl methyl sites for hydroxylation is 1.